The second-order valence-corrected chi connectivity index (χ2v) is 10.2. The van der Waals surface area contributed by atoms with Crippen LogP contribution in [0.5, 0.6) is 0 Å². The monoisotopic (exact) mass is 428 g/mol. The number of benzene rings is 2. The summed E-state index contributed by atoms with van der Waals surface area (Å²) in [6.45, 7) is 9.61. The molecule has 4 atom stereocenters. The highest BCUT2D eigenvalue weighted by molar-refractivity contribution is 6.24. The van der Waals surface area contributed by atoms with Crippen LogP contribution in [0.4, 0.5) is 5.69 Å². The third kappa shape index (κ3) is 2.80. The molecule has 32 heavy (non-hydrogen) atoms. The molecule has 0 unspecified atom stereocenters. The number of ketones is 1. The molecule has 2 aromatic carbocycles. The van der Waals surface area contributed by atoms with E-state index in [1.54, 1.807) is 0 Å². The van der Waals surface area contributed by atoms with Gasteiger partial charge in [0.05, 0.1) is 23.6 Å². The Morgan fingerprint density at radius 1 is 0.906 bits per heavy atom. The summed E-state index contributed by atoms with van der Waals surface area (Å²) < 4.78 is 0. The van der Waals surface area contributed by atoms with Crippen molar-refractivity contribution in [2.24, 2.45) is 17.3 Å². The zero-order chi connectivity index (χ0) is 22.9. The number of rotatable bonds is 2. The van der Waals surface area contributed by atoms with Crippen LogP contribution in [-0.4, -0.2) is 28.5 Å². The Balaban J connectivity index is 1.67. The number of nitrogens with zero attached hydrogens (tertiary/aromatic N) is 2. The van der Waals surface area contributed by atoms with Crippen molar-refractivity contribution < 1.29 is 14.4 Å². The molecule has 2 saturated heterocycles. The largest absolute Gasteiger partial charge is 0.359 e. The maximum atomic E-state index is 13.8. The maximum Gasteiger partial charge on any atom is 0.240 e. The molecule has 0 aromatic heterocycles. The smallest absolute Gasteiger partial charge is 0.240 e. The molecule has 2 amide bonds. The molecule has 3 aliphatic heterocycles. The molecular weight excluding hydrogens is 400 g/mol. The van der Waals surface area contributed by atoms with Gasteiger partial charge in [-0.25, -0.2) is 4.90 Å². The maximum absolute atomic E-state index is 13.8. The summed E-state index contributed by atoms with van der Waals surface area (Å²) in [5, 5.41) is 0. The van der Waals surface area contributed by atoms with E-state index < -0.39 is 23.3 Å². The Morgan fingerprint density at radius 3 is 2.28 bits per heavy atom. The van der Waals surface area contributed by atoms with Gasteiger partial charge in [0, 0.05) is 11.6 Å². The number of amides is 2. The number of aryl methyl sites for hydroxylation is 2. The number of imide groups is 1. The van der Waals surface area contributed by atoms with Crippen LogP contribution in [0.2, 0.25) is 0 Å². The van der Waals surface area contributed by atoms with E-state index in [4.69, 9.17) is 0 Å². The molecule has 0 bridgehead atoms. The van der Waals surface area contributed by atoms with Crippen LogP contribution in [0.3, 0.4) is 0 Å². The first-order chi connectivity index (χ1) is 15.1. The number of Topliss-reactive ketones (excluding diaryl/α,β-unsaturated/α-hetero) is 1. The van der Waals surface area contributed by atoms with Crippen LogP contribution in [-0.2, 0) is 14.4 Å². The van der Waals surface area contributed by atoms with Crippen molar-refractivity contribution >= 4 is 29.4 Å². The number of carbonyl (C=O) groups is 3. The lowest BCUT2D eigenvalue weighted by molar-refractivity contribution is -0.135. The average Bonchev–Trinajstić information content (AvgIpc) is 3.22. The van der Waals surface area contributed by atoms with E-state index in [-0.39, 0.29) is 23.6 Å². The van der Waals surface area contributed by atoms with Gasteiger partial charge >= 0.3 is 0 Å². The van der Waals surface area contributed by atoms with Gasteiger partial charge in [-0.2, -0.15) is 0 Å². The second-order valence-electron chi connectivity index (χ2n) is 10.2. The van der Waals surface area contributed by atoms with Gasteiger partial charge in [0.15, 0.2) is 5.78 Å². The molecule has 0 N–H and O–H groups in total. The molecular formula is C27H28N2O3. The predicted octanol–water partition coefficient (Wildman–Crippen LogP) is 4.43. The van der Waals surface area contributed by atoms with Gasteiger partial charge in [0.2, 0.25) is 11.8 Å². The van der Waals surface area contributed by atoms with Crippen molar-refractivity contribution in [2.75, 3.05) is 4.90 Å². The molecule has 2 fully saturated rings. The normalized spacial score (nSPS) is 26.3. The molecule has 3 heterocycles. The Morgan fingerprint density at radius 2 is 1.59 bits per heavy atom. The molecule has 0 aliphatic carbocycles. The topological polar surface area (TPSA) is 57.7 Å². The Hall–Kier alpha value is -3.21. The zero-order valence-corrected chi connectivity index (χ0v) is 19.1. The predicted molar refractivity (Wildman–Crippen MR) is 124 cm³/mol. The van der Waals surface area contributed by atoms with Crippen LogP contribution >= 0.6 is 0 Å². The lowest BCUT2D eigenvalue weighted by Crippen LogP contribution is -2.47. The number of hydrogen-bond acceptors (Lipinski definition) is 4. The molecule has 0 saturated carbocycles. The summed E-state index contributed by atoms with van der Waals surface area (Å²) in [7, 11) is 0. The van der Waals surface area contributed by atoms with Crippen molar-refractivity contribution in [1.29, 1.82) is 0 Å². The molecule has 3 aliphatic rings. The van der Waals surface area contributed by atoms with Crippen molar-refractivity contribution in [3.63, 3.8) is 0 Å². The summed E-state index contributed by atoms with van der Waals surface area (Å²) in [5.41, 5.74) is 4.11. The van der Waals surface area contributed by atoms with Crippen LogP contribution in [0.1, 0.15) is 49.1 Å². The third-order valence-corrected chi connectivity index (χ3v) is 7.22. The Kier molecular flexibility index (Phi) is 4.45. The van der Waals surface area contributed by atoms with Crippen LogP contribution in [0.15, 0.2) is 48.7 Å². The first-order valence-corrected chi connectivity index (χ1v) is 11.1. The molecule has 2 aromatic rings. The summed E-state index contributed by atoms with van der Waals surface area (Å²) in [5.74, 6) is -1.79. The minimum Gasteiger partial charge on any atom is -0.359 e. The highest BCUT2D eigenvalue weighted by Crippen LogP contribution is 2.54. The zero-order valence-electron chi connectivity index (χ0n) is 19.1. The fourth-order valence-electron chi connectivity index (χ4n) is 5.42. The van der Waals surface area contributed by atoms with Crippen LogP contribution in [0, 0.1) is 31.1 Å². The summed E-state index contributed by atoms with van der Waals surface area (Å²) in [4.78, 5) is 44.5. The van der Waals surface area contributed by atoms with Crippen molar-refractivity contribution in [1.82, 2.24) is 4.90 Å². The van der Waals surface area contributed by atoms with Crippen LogP contribution in [0.25, 0.3) is 6.08 Å². The molecule has 164 valence electrons. The molecule has 5 heteroatoms. The van der Waals surface area contributed by atoms with Crippen molar-refractivity contribution in [2.45, 2.75) is 46.7 Å². The van der Waals surface area contributed by atoms with Gasteiger partial charge in [0.1, 0.15) is 6.04 Å². The van der Waals surface area contributed by atoms with E-state index >= 15 is 0 Å². The van der Waals surface area contributed by atoms with Crippen molar-refractivity contribution in [3.8, 4) is 0 Å². The summed E-state index contributed by atoms with van der Waals surface area (Å²) in [6, 6.07) is 12.6. The van der Waals surface area contributed by atoms with Crippen LogP contribution < -0.4 is 4.90 Å². The Labute approximate surface area is 188 Å². The first kappa shape index (κ1) is 20.7. The first-order valence-electron chi connectivity index (χ1n) is 11.1. The fraction of sp³-hybridized carbons (Fsp3) is 0.370. The average molecular weight is 429 g/mol. The molecule has 5 nitrogen and oxygen atoms in total. The summed E-state index contributed by atoms with van der Waals surface area (Å²) in [6.07, 6.45) is 3.88. The van der Waals surface area contributed by atoms with Gasteiger partial charge in [-0.1, -0.05) is 51.1 Å². The van der Waals surface area contributed by atoms with Crippen molar-refractivity contribution in [3.05, 3.63) is 70.9 Å². The van der Waals surface area contributed by atoms with Gasteiger partial charge in [-0.05, 0) is 54.3 Å². The van der Waals surface area contributed by atoms with E-state index in [9.17, 15) is 14.4 Å². The third-order valence-electron chi connectivity index (χ3n) is 7.22. The lowest BCUT2D eigenvalue weighted by Gasteiger charge is -2.37. The second kappa shape index (κ2) is 6.89. The number of hydrogen-bond donors (Lipinski definition) is 0. The van der Waals surface area contributed by atoms with E-state index in [2.05, 4.69) is 0 Å². The van der Waals surface area contributed by atoms with Gasteiger partial charge in [0.25, 0.3) is 0 Å². The number of carbonyl (C=O) groups excluding carboxylic acids is 3. The number of anilines is 1. The minimum atomic E-state index is -0.698. The highest BCUT2D eigenvalue weighted by atomic mass is 16.2. The minimum absolute atomic E-state index is 0.0119. The van der Waals surface area contributed by atoms with Gasteiger partial charge in [-0.3, -0.25) is 14.4 Å². The molecule has 0 radical (unpaired) electrons. The highest BCUT2D eigenvalue weighted by Gasteiger charge is 2.65. The SMILES string of the molecule is Cc1ccc(N2C(=O)[C@@H]3[C@H](C2=O)[C@@H]2c4ccccc4C=CN2[C@H]3C(=O)C(C)(C)C)cc1C. The standard InChI is InChI=1S/C27H28N2O3/c1-15-10-11-18(14-16(15)2)29-25(31)20-21(26(29)32)23(24(30)27(3,4)5)28-13-12-17-8-6-7-9-19(17)22(20)28/h6-14,20-23H,1-5H3/t20-,21+,22-,23+/m0/s1. The van der Waals surface area contributed by atoms with E-state index in [0.717, 1.165) is 22.3 Å². The lowest BCUT2D eigenvalue weighted by atomic mass is 9.79. The molecule has 5 rings (SSSR count). The number of fused-ring (bicyclic) bond motifs is 5. The quantitative estimate of drug-likeness (QED) is 0.664. The van der Waals surface area contributed by atoms with E-state index in [1.165, 1.54) is 4.90 Å². The summed E-state index contributed by atoms with van der Waals surface area (Å²) >= 11 is 0. The van der Waals surface area contributed by atoms with Gasteiger partial charge < -0.3 is 4.90 Å². The van der Waals surface area contributed by atoms with E-state index in [0.29, 0.717) is 5.69 Å². The fourth-order valence-corrected chi connectivity index (χ4v) is 5.42. The van der Waals surface area contributed by atoms with Gasteiger partial charge in [-0.15, -0.1) is 0 Å². The Bertz CT molecular complexity index is 1190. The van der Waals surface area contributed by atoms with E-state index in [1.807, 2.05) is 94.3 Å². The molecule has 0 spiro atoms.